The lowest BCUT2D eigenvalue weighted by Crippen LogP contribution is -2.43. The zero-order valence-electron chi connectivity index (χ0n) is 11.8. The zero-order chi connectivity index (χ0) is 15.4. The van der Waals surface area contributed by atoms with Gasteiger partial charge in [0.2, 0.25) is 0 Å². The Hall–Kier alpha value is -1.92. The van der Waals surface area contributed by atoms with Gasteiger partial charge in [-0.15, -0.1) is 0 Å². The Labute approximate surface area is 121 Å². The molecule has 1 aromatic heterocycles. The van der Waals surface area contributed by atoms with Gasteiger partial charge >= 0.3 is 5.97 Å². The van der Waals surface area contributed by atoms with E-state index in [1.807, 2.05) is 0 Å². The van der Waals surface area contributed by atoms with Crippen molar-refractivity contribution in [1.82, 2.24) is 9.47 Å². The lowest BCUT2D eigenvalue weighted by Gasteiger charge is -2.31. The van der Waals surface area contributed by atoms with E-state index >= 15 is 0 Å². The number of rotatable bonds is 4. The zero-order valence-corrected chi connectivity index (χ0v) is 11.8. The van der Waals surface area contributed by atoms with Crippen molar-refractivity contribution in [2.24, 2.45) is 5.92 Å². The minimum absolute atomic E-state index is 0.223. The normalized spacial score (nSPS) is 18.9. The van der Waals surface area contributed by atoms with Gasteiger partial charge in [0.25, 0.3) is 12.3 Å². The number of piperidine rings is 1. The fourth-order valence-electron chi connectivity index (χ4n) is 2.60. The van der Waals surface area contributed by atoms with Crippen LogP contribution in [0, 0.1) is 5.92 Å². The van der Waals surface area contributed by atoms with Crippen molar-refractivity contribution < 1.29 is 23.1 Å². The summed E-state index contributed by atoms with van der Waals surface area (Å²) in [6, 6.07) is 3.09. The molecular formula is C14H18F2N2O3. The van der Waals surface area contributed by atoms with Crippen molar-refractivity contribution in [1.29, 1.82) is 0 Å². The van der Waals surface area contributed by atoms with Crippen molar-refractivity contribution >= 4 is 11.9 Å². The minimum Gasteiger partial charge on any atom is -0.469 e. The summed E-state index contributed by atoms with van der Waals surface area (Å²) in [5, 5.41) is 0. The average Bonchev–Trinajstić information content (AvgIpc) is 2.93. The number of aromatic nitrogens is 1. The van der Waals surface area contributed by atoms with Gasteiger partial charge < -0.3 is 14.2 Å². The van der Waals surface area contributed by atoms with E-state index < -0.39 is 13.0 Å². The second-order valence-electron chi connectivity index (χ2n) is 5.05. The number of esters is 1. The summed E-state index contributed by atoms with van der Waals surface area (Å²) in [5.41, 5.74) is 0.223. The van der Waals surface area contributed by atoms with E-state index in [4.69, 9.17) is 4.74 Å². The molecule has 0 radical (unpaired) electrons. The molecule has 7 heteroatoms. The van der Waals surface area contributed by atoms with Crippen LogP contribution in [-0.2, 0) is 16.1 Å². The molecule has 0 N–H and O–H groups in total. The molecule has 5 nitrogen and oxygen atoms in total. The molecule has 1 fully saturated rings. The summed E-state index contributed by atoms with van der Waals surface area (Å²) >= 11 is 0. The van der Waals surface area contributed by atoms with Crippen LogP contribution in [0.4, 0.5) is 8.78 Å². The lowest BCUT2D eigenvalue weighted by molar-refractivity contribution is -0.146. The Kier molecular flexibility index (Phi) is 4.93. The Balaban J connectivity index is 2.09. The van der Waals surface area contributed by atoms with Gasteiger partial charge in [-0.2, -0.15) is 0 Å². The van der Waals surface area contributed by atoms with Gasteiger partial charge in [-0.05, 0) is 25.0 Å². The predicted molar refractivity (Wildman–Crippen MR) is 71.1 cm³/mol. The fourth-order valence-corrected chi connectivity index (χ4v) is 2.60. The van der Waals surface area contributed by atoms with E-state index in [9.17, 15) is 18.4 Å². The number of likely N-dealkylation sites (tertiary alicyclic amines) is 1. The molecule has 1 aromatic rings. The molecule has 1 aliphatic rings. The second-order valence-corrected chi connectivity index (χ2v) is 5.05. The van der Waals surface area contributed by atoms with Crippen molar-refractivity contribution in [2.75, 3.05) is 20.2 Å². The van der Waals surface area contributed by atoms with Gasteiger partial charge in [0.05, 0.1) is 19.6 Å². The monoisotopic (exact) mass is 300 g/mol. The summed E-state index contributed by atoms with van der Waals surface area (Å²) in [7, 11) is 1.32. The first-order valence-corrected chi connectivity index (χ1v) is 6.83. The number of amides is 1. The van der Waals surface area contributed by atoms with E-state index in [0.717, 1.165) is 0 Å². The molecule has 0 saturated carbocycles. The third-order valence-corrected chi connectivity index (χ3v) is 3.63. The van der Waals surface area contributed by atoms with Crippen LogP contribution in [-0.4, -0.2) is 48.0 Å². The van der Waals surface area contributed by atoms with E-state index in [-0.39, 0.29) is 30.0 Å². The maximum Gasteiger partial charge on any atom is 0.310 e. The summed E-state index contributed by atoms with van der Waals surface area (Å²) in [4.78, 5) is 25.5. The van der Waals surface area contributed by atoms with Crippen LogP contribution >= 0.6 is 0 Å². The third kappa shape index (κ3) is 3.59. The van der Waals surface area contributed by atoms with Crippen LogP contribution in [0.15, 0.2) is 18.3 Å². The number of nitrogens with zero attached hydrogens (tertiary/aromatic N) is 2. The SMILES string of the molecule is COC(=O)C1CCCN(C(=O)c2cccn2CC(F)F)C1. The summed E-state index contributed by atoms with van der Waals surface area (Å²) < 4.78 is 30.9. The van der Waals surface area contributed by atoms with Crippen LogP contribution in [0.1, 0.15) is 23.3 Å². The first kappa shape index (κ1) is 15.5. The third-order valence-electron chi connectivity index (χ3n) is 3.63. The molecule has 0 aliphatic carbocycles. The number of carbonyl (C=O) groups is 2. The van der Waals surface area contributed by atoms with E-state index in [2.05, 4.69) is 0 Å². The molecule has 1 unspecified atom stereocenters. The highest BCUT2D eigenvalue weighted by atomic mass is 19.3. The van der Waals surface area contributed by atoms with Gasteiger partial charge in [-0.1, -0.05) is 0 Å². The molecule has 1 aliphatic heterocycles. The van der Waals surface area contributed by atoms with Crippen molar-refractivity contribution in [3.8, 4) is 0 Å². The van der Waals surface area contributed by atoms with Crippen LogP contribution in [0.25, 0.3) is 0 Å². The van der Waals surface area contributed by atoms with E-state index in [1.165, 1.54) is 28.8 Å². The van der Waals surface area contributed by atoms with Gasteiger partial charge in [-0.3, -0.25) is 9.59 Å². The molecule has 2 heterocycles. The highest BCUT2D eigenvalue weighted by molar-refractivity contribution is 5.93. The van der Waals surface area contributed by atoms with Crippen LogP contribution in [0.5, 0.6) is 0 Å². The maximum atomic E-state index is 12.5. The van der Waals surface area contributed by atoms with Crippen molar-refractivity contribution in [2.45, 2.75) is 25.8 Å². The summed E-state index contributed by atoms with van der Waals surface area (Å²) in [5.74, 6) is -1.00. The number of hydrogen-bond acceptors (Lipinski definition) is 3. The standard InChI is InChI=1S/C14H18F2N2O3/c1-21-14(20)10-4-2-7-18(8-10)13(19)11-5-3-6-17(11)9-12(15)16/h3,5-6,10,12H,2,4,7-9H2,1H3. The van der Waals surface area contributed by atoms with Gasteiger partial charge in [0.1, 0.15) is 5.69 Å². The summed E-state index contributed by atoms with van der Waals surface area (Å²) in [6.07, 6.45) is 0.310. The molecule has 0 aromatic carbocycles. The molecule has 116 valence electrons. The first-order valence-electron chi connectivity index (χ1n) is 6.83. The van der Waals surface area contributed by atoms with Crippen LogP contribution in [0.3, 0.4) is 0 Å². The second kappa shape index (κ2) is 6.69. The molecule has 2 rings (SSSR count). The molecule has 0 bridgehead atoms. The minimum atomic E-state index is -2.52. The van der Waals surface area contributed by atoms with E-state index in [1.54, 1.807) is 6.07 Å². The van der Waals surface area contributed by atoms with Crippen molar-refractivity contribution in [3.63, 3.8) is 0 Å². The smallest absolute Gasteiger partial charge is 0.310 e. The van der Waals surface area contributed by atoms with E-state index in [0.29, 0.717) is 19.4 Å². The Bertz CT molecular complexity index is 516. The Morgan fingerprint density at radius 3 is 2.90 bits per heavy atom. The molecule has 1 atom stereocenters. The largest absolute Gasteiger partial charge is 0.469 e. The predicted octanol–water partition coefficient (Wildman–Crippen LogP) is 1.78. The molecule has 21 heavy (non-hydrogen) atoms. The number of halogens is 2. The Morgan fingerprint density at radius 1 is 1.48 bits per heavy atom. The quantitative estimate of drug-likeness (QED) is 0.796. The van der Waals surface area contributed by atoms with Gasteiger partial charge in [0.15, 0.2) is 0 Å². The number of alkyl halides is 2. The fraction of sp³-hybridized carbons (Fsp3) is 0.571. The summed E-state index contributed by atoms with van der Waals surface area (Å²) in [6.45, 7) is 0.278. The molecule has 0 spiro atoms. The number of hydrogen-bond donors (Lipinski definition) is 0. The first-order chi connectivity index (χ1) is 10.0. The molecule has 1 saturated heterocycles. The maximum absolute atomic E-state index is 12.5. The Morgan fingerprint density at radius 2 is 2.24 bits per heavy atom. The van der Waals surface area contributed by atoms with Crippen LogP contribution < -0.4 is 0 Å². The average molecular weight is 300 g/mol. The highest BCUT2D eigenvalue weighted by Crippen LogP contribution is 2.20. The van der Waals surface area contributed by atoms with Crippen molar-refractivity contribution in [3.05, 3.63) is 24.0 Å². The molecular weight excluding hydrogens is 282 g/mol. The highest BCUT2D eigenvalue weighted by Gasteiger charge is 2.30. The topological polar surface area (TPSA) is 51.5 Å². The number of methoxy groups -OCH3 is 1. The van der Waals surface area contributed by atoms with Gasteiger partial charge in [0, 0.05) is 19.3 Å². The number of carbonyl (C=O) groups excluding carboxylic acids is 2. The van der Waals surface area contributed by atoms with Crippen LogP contribution in [0.2, 0.25) is 0 Å². The van der Waals surface area contributed by atoms with Gasteiger partial charge in [-0.25, -0.2) is 8.78 Å². The number of ether oxygens (including phenoxy) is 1. The lowest BCUT2D eigenvalue weighted by atomic mass is 9.98. The molecule has 1 amide bonds.